The van der Waals surface area contributed by atoms with Gasteiger partial charge in [0.05, 0.1) is 0 Å². The van der Waals surface area contributed by atoms with Crippen LogP contribution in [0.3, 0.4) is 0 Å². The van der Waals surface area contributed by atoms with Crippen LogP contribution in [0.5, 0.6) is 0 Å². The van der Waals surface area contributed by atoms with Gasteiger partial charge < -0.3 is 10.0 Å². The number of aliphatic hydroxyl groups is 1. The second kappa shape index (κ2) is 7.49. The van der Waals surface area contributed by atoms with E-state index >= 15 is 0 Å². The molecule has 0 amide bonds. The highest BCUT2D eigenvalue weighted by atomic mass is 16.3. The van der Waals surface area contributed by atoms with Crippen molar-refractivity contribution in [3.05, 3.63) is 71.4 Å². The van der Waals surface area contributed by atoms with Crippen molar-refractivity contribution >= 4 is 28.7 Å². The first-order valence-corrected chi connectivity index (χ1v) is 8.58. The van der Waals surface area contributed by atoms with E-state index in [4.69, 9.17) is 0 Å². The van der Waals surface area contributed by atoms with Crippen molar-refractivity contribution in [1.82, 2.24) is 0 Å². The van der Waals surface area contributed by atoms with E-state index in [0.29, 0.717) is 6.54 Å². The van der Waals surface area contributed by atoms with Gasteiger partial charge in [0.15, 0.2) is 6.54 Å². The molecule has 0 bridgehead atoms. The van der Waals surface area contributed by atoms with Crippen LogP contribution in [0.2, 0.25) is 0 Å². The second-order valence-corrected chi connectivity index (χ2v) is 6.52. The number of pyridine rings is 1. The van der Waals surface area contributed by atoms with Crippen LogP contribution in [-0.4, -0.2) is 25.8 Å². The molecule has 3 rings (SSSR count). The fraction of sp³-hybridized carbons (Fsp3) is 0.227. The average Bonchev–Trinajstić information content (AvgIpc) is 2.61. The lowest BCUT2D eigenvalue weighted by atomic mass is 10.1. The maximum Gasteiger partial charge on any atom is 0.213 e. The number of aryl methyl sites for hydroxylation is 1. The summed E-state index contributed by atoms with van der Waals surface area (Å²) in [6.45, 7) is 2.80. The van der Waals surface area contributed by atoms with Crippen LogP contribution in [0.25, 0.3) is 23.1 Å². The van der Waals surface area contributed by atoms with Crippen molar-refractivity contribution in [3.63, 3.8) is 0 Å². The maximum absolute atomic E-state index is 9.48. The molecule has 1 aromatic heterocycles. The fourth-order valence-corrected chi connectivity index (χ4v) is 3.02. The molecular formula is C22H25N2O+. The topological polar surface area (TPSA) is 27.4 Å². The molecule has 25 heavy (non-hydrogen) atoms. The van der Waals surface area contributed by atoms with E-state index in [0.717, 1.165) is 16.8 Å². The van der Waals surface area contributed by atoms with E-state index < -0.39 is 0 Å². The standard InChI is InChI=1S/C22H25N2O/c1-17-4-13-22-19(16-17)8-12-21(24(22)14-15-25)11-7-18-5-9-20(10-6-18)23(2)3/h4-13,16,25H,14-15H2,1-3H3/q+1. The predicted octanol–water partition coefficient (Wildman–Crippen LogP) is 3.66. The zero-order chi connectivity index (χ0) is 17.8. The smallest absolute Gasteiger partial charge is 0.213 e. The molecular weight excluding hydrogens is 308 g/mol. The van der Waals surface area contributed by atoms with Crippen LogP contribution in [0.4, 0.5) is 5.69 Å². The molecule has 3 heteroatoms. The summed E-state index contributed by atoms with van der Waals surface area (Å²) in [5.41, 5.74) is 5.82. The van der Waals surface area contributed by atoms with Crippen molar-refractivity contribution in [3.8, 4) is 0 Å². The van der Waals surface area contributed by atoms with Gasteiger partial charge in [-0.25, -0.2) is 0 Å². The summed E-state index contributed by atoms with van der Waals surface area (Å²) >= 11 is 0. The molecule has 0 spiro atoms. The summed E-state index contributed by atoms with van der Waals surface area (Å²) in [5, 5.41) is 10.7. The van der Waals surface area contributed by atoms with Crippen LogP contribution in [0.15, 0.2) is 54.6 Å². The van der Waals surface area contributed by atoms with Crippen LogP contribution >= 0.6 is 0 Å². The Bertz CT molecular complexity index is 896. The third-order valence-electron chi connectivity index (χ3n) is 4.40. The Morgan fingerprint density at radius 3 is 2.40 bits per heavy atom. The summed E-state index contributed by atoms with van der Waals surface area (Å²) in [4.78, 5) is 2.09. The van der Waals surface area contributed by atoms with Gasteiger partial charge in [0.1, 0.15) is 6.61 Å². The Balaban J connectivity index is 1.97. The van der Waals surface area contributed by atoms with E-state index in [1.807, 2.05) is 14.1 Å². The molecule has 2 aromatic carbocycles. The van der Waals surface area contributed by atoms with E-state index in [-0.39, 0.29) is 6.61 Å². The molecule has 0 aliphatic heterocycles. The first kappa shape index (κ1) is 17.2. The lowest BCUT2D eigenvalue weighted by Crippen LogP contribution is -2.39. The molecule has 0 saturated heterocycles. The Hall–Kier alpha value is -2.65. The van der Waals surface area contributed by atoms with Crippen molar-refractivity contribution in [2.45, 2.75) is 13.5 Å². The largest absolute Gasteiger partial charge is 0.390 e. The normalized spacial score (nSPS) is 11.4. The molecule has 1 heterocycles. The molecule has 3 aromatic rings. The van der Waals surface area contributed by atoms with E-state index in [1.54, 1.807) is 0 Å². The molecule has 0 fully saturated rings. The second-order valence-electron chi connectivity index (χ2n) is 6.52. The number of hydrogen-bond acceptors (Lipinski definition) is 2. The van der Waals surface area contributed by atoms with E-state index in [9.17, 15) is 5.11 Å². The Morgan fingerprint density at radius 2 is 1.72 bits per heavy atom. The van der Waals surface area contributed by atoms with Crippen LogP contribution < -0.4 is 9.47 Å². The van der Waals surface area contributed by atoms with Gasteiger partial charge >= 0.3 is 0 Å². The highest BCUT2D eigenvalue weighted by molar-refractivity contribution is 5.78. The summed E-state index contributed by atoms with van der Waals surface area (Å²) in [6.07, 6.45) is 4.22. The molecule has 0 aliphatic carbocycles. The summed E-state index contributed by atoms with van der Waals surface area (Å²) in [6, 6.07) is 19.1. The Kier molecular flexibility index (Phi) is 5.15. The number of fused-ring (bicyclic) bond motifs is 1. The Labute approximate surface area is 149 Å². The van der Waals surface area contributed by atoms with Gasteiger partial charge in [-0.05, 0) is 42.8 Å². The number of anilines is 1. The molecule has 0 unspecified atom stereocenters. The van der Waals surface area contributed by atoms with Crippen LogP contribution in [0.1, 0.15) is 16.8 Å². The lowest BCUT2D eigenvalue weighted by Gasteiger charge is -2.11. The van der Waals surface area contributed by atoms with Gasteiger partial charge in [0.2, 0.25) is 11.2 Å². The number of aliphatic hydroxyl groups excluding tert-OH is 1. The highest BCUT2D eigenvalue weighted by Crippen LogP contribution is 2.16. The number of hydrogen-bond donors (Lipinski definition) is 1. The minimum Gasteiger partial charge on any atom is -0.390 e. The summed E-state index contributed by atoms with van der Waals surface area (Å²) < 4.78 is 2.17. The number of benzene rings is 2. The lowest BCUT2D eigenvalue weighted by molar-refractivity contribution is -0.674. The van der Waals surface area contributed by atoms with Gasteiger partial charge in [-0.2, -0.15) is 4.57 Å². The van der Waals surface area contributed by atoms with Crippen molar-refractivity contribution in [1.29, 1.82) is 0 Å². The minimum atomic E-state index is 0.121. The van der Waals surface area contributed by atoms with Crippen molar-refractivity contribution < 1.29 is 9.67 Å². The van der Waals surface area contributed by atoms with Crippen molar-refractivity contribution in [2.24, 2.45) is 0 Å². The highest BCUT2D eigenvalue weighted by Gasteiger charge is 2.13. The van der Waals surface area contributed by atoms with Crippen LogP contribution in [0, 0.1) is 6.92 Å². The molecule has 1 N–H and O–H groups in total. The SMILES string of the molecule is Cc1ccc2c(ccc(/C=C/c3ccc(N(C)C)cc3)[n+]2CCO)c1. The molecule has 3 nitrogen and oxygen atoms in total. The van der Waals surface area contributed by atoms with E-state index in [2.05, 4.69) is 83.1 Å². The summed E-state index contributed by atoms with van der Waals surface area (Å²) in [7, 11) is 4.08. The quantitative estimate of drug-likeness (QED) is 0.722. The first-order valence-electron chi connectivity index (χ1n) is 8.58. The number of aromatic nitrogens is 1. The van der Waals surface area contributed by atoms with Crippen molar-refractivity contribution in [2.75, 3.05) is 25.6 Å². The molecule has 0 radical (unpaired) electrons. The Morgan fingerprint density at radius 1 is 0.960 bits per heavy atom. The third kappa shape index (κ3) is 3.89. The first-order chi connectivity index (χ1) is 12.1. The fourth-order valence-electron chi connectivity index (χ4n) is 3.02. The van der Waals surface area contributed by atoms with Gasteiger partial charge in [-0.3, -0.25) is 0 Å². The predicted molar refractivity (Wildman–Crippen MR) is 106 cm³/mol. The van der Waals surface area contributed by atoms with E-state index in [1.165, 1.54) is 16.6 Å². The van der Waals surface area contributed by atoms with Gasteiger partial charge in [-0.15, -0.1) is 0 Å². The minimum absolute atomic E-state index is 0.121. The summed E-state index contributed by atoms with van der Waals surface area (Å²) in [5.74, 6) is 0. The maximum atomic E-state index is 9.48. The zero-order valence-corrected chi connectivity index (χ0v) is 15.1. The molecule has 0 saturated carbocycles. The van der Waals surface area contributed by atoms with Crippen LogP contribution in [-0.2, 0) is 6.54 Å². The molecule has 0 atom stereocenters. The zero-order valence-electron chi connectivity index (χ0n) is 15.1. The number of nitrogens with zero attached hydrogens (tertiary/aromatic N) is 2. The molecule has 0 aliphatic rings. The van der Waals surface area contributed by atoms with Gasteiger partial charge in [0, 0.05) is 43.4 Å². The average molecular weight is 333 g/mol. The van der Waals surface area contributed by atoms with Gasteiger partial charge in [-0.1, -0.05) is 23.8 Å². The third-order valence-corrected chi connectivity index (χ3v) is 4.40. The van der Waals surface area contributed by atoms with Gasteiger partial charge in [0.25, 0.3) is 0 Å². The monoisotopic (exact) mass is 333 g/mol. The molecule has 128 valence electrons. The number of rotatable bonds is 5.